The van der Waals surface area contributed by atoms with Gasteiger partial charge in [-0.25, -0.2) is 4.79 Å². The quantitative estimate of drug-likeness (QED) is 0.217. The summed E-state index contributed by atoms with van der Waals surface area (Å²) < 4.78 is 17.0. The van der Waals surface area contributed by atoms with E-state index in [9.17, 15) is 19.7 Å². The first-order chi connectivity index (χ1) is 16.4. The molecule has 172 valence electrons. The summed E-state index contributed by atoms with van der Waals surface area (Å²) in [5, 5.41) is 19.5. The average molecular weight is 483 g/mol. The van der Waals surface area contributed by atoms with E-state index in [1.165, 1.54) is 37.4 Å². The monoisotopic (exact) mass is 482 g/mol. The van der Waals surface area contributed by atoms with Crippen LogP contribution in [0.3, 0.4) is 0 Å². The van der Waals surface area contributed by atoms with Crippen molar-refractivity contribution in [2.24, 2.45) is 0 Å². The molecule has 0 bridgehead atoms. The fourth-order valence-corrected chi connectivity index (χ4v) is 3.19. The van der Waals surface area contributed by atoms with Crippen LogP contribution >= 0.6 is 11.6 Å². The molecule has 0 spiro atoms. The van der Waals surface area contributed by atoms with Crippen LogP contribution in [-0.2, 0) is 11.5 Å². The molecule has 0 atom stereocenters. The molecule has 4 rings (SSSR count). The van der Waals surface area contributed by atoms with Gasteiger partial charge in [0, 0.05) is 11.1 Å². The molecule has 0 aliphatic carbocycles. The first-order valence-electron chi connectivity index (χ1n) is 9.67. The minimum Gasteiger partial charge on any atom is -0.493 e. The number of fused-ring (bicyclic) bond motifs is 1. The van der Waals surface area contributed by atoms with E-state index in [-0.39, 0.29) is 33.5 Å². The van der Waals surface area contributed by atoms with Gasteiger partial charge in [-0.3, -0.25) is 14.9 Å². The van der Waals surface area contributed by atoms with Gasteiger partial charge in [-0.15, -0.1) is 5.10 Å². The van der Waals surface area contributed by atoms with Gasteiger partial charge < -0.3 is 14.2 Å². The lowest BCUT2D eigenvalue weighted by Crippen LogP contribution is -2.26. The van der Waals surface area contributed by atoms with Crippen molar-refractivity contribution in [3.63, 3.8) is 0 Å². The van der Waals surface area contributed by atoms with Crippen LogP contribution in [0.5, 0.6) is 17.2 Å². The third-order valence-electron chi connectivity index (χ3n) is 4.68. The largest absolute Gasteiger partial charge is 0.493 e. The Morgan fingerprint density at radius 3 is 2.62 bits per heavy atom. The minimum atomic E-state index is -0.760. The van der Waals surface area contributed by atoms with Crippen molar-refractivity contribution in [2.45, 2.75) is 6.73 Å². The van der Waals surface area contributed by atoms with Gasteiger partial charge in [0.25, 0.3) is 5.56 Å². The lowest BCUT2D eigenvalue weighted by Gasteiger charge is -2.12. The average Bonchev–Trinajstić information content (AvgIpc) is 2.84. The molecule has 0 amide bonds. The topological polar surface area (TPSA) is 136 Å². The summed E-state index contributed by atoms with van der Waals surface area (Å²) in [4.78, 5) is 35.7. The van der Waals surface area contributed by atoms with E-state index in [1.54, 1.807) is 24.3 Å². The zero-order valence-corrected chi connectivity index (χ0v) is 18.3. The maximum absolute atomic E-state index is 12.5. The number of hydrogen-bond acceptors (Lipinski definition) is 9. The number of carbonyl (C=O) groups is 1. The SMILES string of the molecule is COc1cc(C(=O)OCn2nnc3ccccc3c2=O)ccc1Oc1ccc(Cl)cc1[N+](=O)[O-]. The highest BCUT2D eigenvalue weighted by Crippen LogP contribution is 2.38. The van der Waals surface area contributed by atoms with Crippen LogP contribution in [0.25, 0.3) is 10.9 Å². The minimum absolute atomic E-state index is 0.0581. The Bertz CT molecular complexity index is 1470. The third kappa shape index (κ3) is 4.64. The number of hydrogen-bond donors (Lipinski definition) is 0. The van der Waals surface area contributed by atoms with E-state index < -0.39 is 23.2 Å². The molecule has 0 unspecified atom stereocenters. The third-order valence-corrected chi connectivity index (χ3v) is 4.92. The number of nitro benzene ring substituents is 1. The molecule has 0 aliphatic rings. The number of nitrogens with zero attached hydrogens (tertiary/aromatic N) is 4. The number of rotatable bonds is 7. The highest BCUT2D eigenvalue weighted by Gasteiger charge is 2.19. The van der Waals surface area contributed by atoms with Crippen LogP contribution in [-0.4, -0.2) is 33.0 Å². The molecule has 34 heavy (non-hydrogen) atoms. The molecular formula is C22H15ClN4O7. The lowest BCUT2D eigenvalue weighted by molar-refractivity contribution is -0.385. The Balaban J connectivity index is 1.53. The van der Waals surface area contributed by atoms with Crippen LogP contribution in [0, 0.1) is 10.1 Å². The predicted molar refractivity (Wildman–Crippen MR) is 120 cm³/mol. The first-order valence-corrected chi connectivity index (χ1v) is 10.0. The van der Waals surface area contributed by atoms with Gasteiger partial charge in [0.1, 0.15) is 5.52 Å². The number of nitro groups is 1. The van der Waals surface area contributed by atoms with Crippen molar-refractivity contribution < 1.29 is 23.9 Å². The van der Waals surface area contributed by atoms with E-state index in [0.29, 0.717) is 10.9 Å². The van der Waals surface area contributed by atoms with Crippen LogP contribution in [0.4, 0.5) is 5.69 Å². The summed E-state index contributed by atoms with van der Waals surface area (Å²) in [6.07, 6.45) is 0. The molecule has 0 fully saturated rings. The lowest BCUT2D eigenvalue weighted by atomic mass is 10.2. The zero-order valence-electron chi connectivity index (χ0n) is 17.5. The van der Waals surface area contributed by atoms with E-state index in [1.807, 2.05) is 0 Å². The number of carbonyl (C=O) groups excluding carboxylic acids is 1. The Kier molecular flexibility index (Phi) is 6.37. The number of esters is 1. The normalized spacial score (nSPS) is 10.6. The maximum atomic E-state index is 12.5. The molecule has 0 saturated heterocycles. The Labute approximate surface area is 196 Å². The van der Waals surface area contributed by atoms with Crippen molar-refractivity contribution in [3.8, 4) is 17.2 Å². The molecule has 0 saturated carbocycles. The van der Waals surface area contributed by atoms with Gasteiger partial charge >= 0.3 is 11.7 Å². The van der Waals surface area contributed by atoms with Gasteiger partial charge in [0.05, 0.1) is 23.0 Å². The summed E-state index contributed by atoms with van der Waals surface area (Å²) in [5.74, 6) is -0.566. The second-order valence-electron chi connectivity index (χ2n) is 6.81. The van der Waals surface area contributed by atoms with Crippen molar-refractivity contribution in [3.05, 3.63) is 91.7 Å². The molecule has 1 aromatic heterocycles. The smallest absolute Gasteiger partial charge is 0.340 e. The fourth-order valence-electron chi connectivity index (χ4n) is 3.03. The number of benzene rings is 3. The summed E-state index contributed by atoms with van der Waals surface area (Å²) in [6, 6.07) is 14.7. The highest BCUT2D eigenvalue weighted by molar-refractivity contribution is 6.30. The molecule has 0 N–H and O–H groups in total. The summed E-state index contributed by atoms with van der Waals surface area (Å²) in [5.41, 5.74) is -0.266. The Morgan fingerprint density at radius 2 is 1.85 bits per heavy atom. The molecular weight excluding hydrogens is 468 g/mol. The van der Waals surface area contributed by atoms with E-state index in [2.05, 4.69) is 10.3 Å². The second kappa shape index (κ2) is 9.55. The molecule has 0 aliphatic heterocycles. The van der Waals surface area contributed by atoms with E-state index in [0.717, 1.165) is 10.7 Å². The highest BCUT2D eigenvalue weighted by atomic mass is 35.5. The number of ether oxygens (including phenoxy) is 3. The van der Waals surface area contributed by atoms with Crippen LogP contribution in [0.2, 0.25) is 5.02 Å². The molecule has 0 radical (unpaired) electrons. The first kappa shape index (κ1) is 22.7. The van der Waals surface area contributed by atoms with Crippen molar-refractivity contribution in [1.29, 1.82) is 0 Å². The number of methoxy groups -OCH3 is 1. The summed E-state index contributed by atoms with van der Waals surface area (Å²) >= 11 is 5.82. The van der Waals surface area contributed by atoms with Crippen molar-refractivity contribution in [2.75, 3.05) is 7.11 Å². The molecule has 3 aromatic carbocycles. The summed E-state index contributed by atoms with van der Waals surface area (Å²) in [6.45, 7) is -0.451. The van der Waals surface area contributed by atoms with Crippen LogP contribution in [0.1, 0.15) is 10.4 Å². The maximum Gasteiger partial charge on any atom is 0.340 e. The Hall–Kier alpha value is -4.51. The molecule has 12 heteroatoms. The fraction of sp³-hybridized carbons (Fsp3) is 0.0909. The molecule has 11 nitrogen and oxygen atoms in total. The molecule has 1 heterocycles. The standard InChI is InChI=1S/C22H15ClN4O7/c1-32-20-10-13(6-8-19(20)34-18-9-7-14(23)11-17(18)27(30)31)22(29)33-12-26-21(28)15-4-2-3-5-16(15)24-25-26/h2-11H,12H2,1H3. The van der Waals surface area contributed by atoms with Crippen LogP contribution < -0.4 is 15.0 Å². The molecule has 4 aromatic rings. The van der Waals surface area contributed by atoms with Gasteiger partial charge in [-0.1, -0.05) is 28.9 Å². The van der Waals surface area contributed by atoms with E-state index >= 15 is 0 Å². The Morgan fingerprint density at radius 1 is 1.09 bits per heavy atom. The van der Waals surface area contributed by atoms with Gasteiger partial charge in [-0.2, -0.15) is 4.68 Å². The number of aromatic nitrogens is 3. The summed E-state index contributed by atoms with van der Waals surface area (Å²) in [7, 11) is 1.35. The van der Waals surface area contributed by atoms with Gasteiger partial charge in [-0.05, 0) is 42.5 Å². The second-order valence-corrected chi connectivity index (χ2v) is 7.25. The predicted octanol–water partition coefficient (Wildman–Crippen LogP) is 3.97. The van der Waals surface area contributed by atoms with Crippen molar-refractivity contribution in [1.82, 2.24) is 15.0 Å². The van der Waals surface area contributed by atoms with E-state index in [4.69, 9.17) is 25.8 Å². The van der Waals surface area contributed by atoms with Crippen molar-refractivity contribution >= 4 is 34.2 Å². The van der Waals surface area contributed by atoms with Gasteiger partial charge in [0.2, 0.25) is 5.75 Å². The van der Waals surface area contributed by atoms with Crippen LogP contribution in [0.15, 0.2) is 65.5 Å². The van der Waals surface area contributed by atoms with Gasteiger partial charge in [0.15, 0.2) is 18.2 Å². The number of halogens is 1. The zero-order chi connectivity index (χ0) is 24.2.